The number of benzene rings is 1. The van der Waals surface area contributed by atoms with Crippen LogP contribution in [0.1, 0.15) is 24.9 Å². The van der Waals surface area contributed by atoms with Gasteiger partial charge < -0.3 is 15.8 Å². The third-order valence-corrected chi connectivity index (χ3v) is 2.76. The lowest BCUT2D eigenvalue weighted by molar-refractivity contribution is -0.123. The van der Waals surface area contributed by atoms with Crippen molar-refractivity contribution in [1.29, 1.82) is 0 Å². The molecule has 0 radical (unpaired) electrons. The van der Waals surface area contributed by atoms with Gasteiger partial charge in [-0.3, -0.25) is 4.79 Å². The summed E-state index contributed by atoms with van der Waals surface area (Å²) < 4.78 is 5.02. The summed E-state index contributed by atoms with van der Waals surface area (Å²) in [6.07, 6.45) is 0.456. The molecule has 0 heterocycles. The fraction of sp³-hybridized carbons (Fsp3) is 0.500. The van der Waals surface area contributed by atoms with E-state index in [2.05, 4.69) is 5.32 Å². The number of hydrogen-bond acceptors (Lipinski definition) is 3. The first-order valence-corrected chi connectivity index (χ1v) is 6.20. The highest BCUT2D eigenvalue weighted by Crippen LogP contribution is 2.12. The molecule has 0 bridgehead atoms. The second kappa shape index (κ2) is 7.84. The van der Waals surface area contributed by atoms with E-state index >= 15 is 0 Å². The summed E-state index contributed by atoms with van der Waals surface area (Å²) in [4.78, 5) is 11.8. The normalized spacial score (nSPS) is 13.9. The summed E-state index contributed by atoms with van der Waals surface area (Å²) in [5, 5.41) is 2.95. The van der Waals surface area contributed by atoms with Crippen LogP contribution in [0.2, 0.25) is 0 Å². The average Bonchev–Trinajstić information content (AvgIpc) is 2.37. The summed E-state index contributed by atoms with van der Waals surface area (Å²) in [6, 6.07) is 9.65. The van der Waals surface area contributed by atoms with Crippen molar-refractivity contribution < 1.29 is 9.53 Å². The average molecular weight is 250 g/mol. The Morgan fingerprint density at radius 2 is 2.06 bits per heavy atom. The molecule has 0 aromatic heterocycles. The molecule has 18 heavy (non-hydrogen) atoms. The first-order chi connectivity index (χ1) is 8.67. The van der Waals surface area contributed by atoms with Crippen LogP contribution in [-0.2, 0) is 9.53 Å². The van der Waals surface area contributed by atoms with Crippen molar-refractivity contribution in [3.05, 3.63) is 35.9 Å². The molecular weight excluding hydrogens is 228 g/mol. The molecule has 0 aliphatic heterocycles. The van der Waals surface area contributed by atoms with Crippen LogP contribution in [0.4, 0.5) is 0 Å². The van der Waals surface area contributed by atoms with E-state index in [1.165, 1.54) is 0 Å². The van der Waals surface area contributed by atoms with Crippen LogP contribution in [0.5, 0.6) is 0 Å². The molecule has 1 rings (SSSR count). The Hall–Kier alpha value is -1.39. The number of amides is 1. The largest absolute Gasteiger partial charge is 0.384 e. The van der Waals surface area contributed by atoms with Gasteiger partial charge in [-0.05, 0) is 11.5 Å². The highest BCUT2D eigenvalue weighted by atomic mass is 16.5. The van der Waals surface area contributed by atoms with Gasteiger partial charge in [-0.15, -0.1) is 0 Å². The number of methoxy groups -OCH3 is 1. The molecule has 2 unspecified atom stereocenters. The van der Waals surface area contributed by atoms with Crippen molar-refractivity contribution in [3.63, 3.8) is 0 Å². The van der Waals surface area contributed by atoms with Gasteiger partial charge in [0.05, 0.1) is 6.04 Å². The molecule has 4 heteroatoms. The molecule has 2 atom stereocenters. The standard InChI is InChI=1S/C14H22N2O2/c1-11(10-18-2)8-14(17)16-13(9-15)12-6-4-3-5-7-12/h3-7,11,13H,8-10,15H2,1-2H3,(H,16,17). The maximum Gasteiger partial charge on any atom is 0.220 e. The number of hydrogen-bond donors (Lipinski definition) is 2. The molecule has 0 spiro atoms. The Labute approximate surface area is 109 Å². The fourth-order valence-corrected chi connectivity index (χ4v) is 1.88. The van der Waals surface area contributed by atoms with Crippen molar-refractivity contribution in [2.45, 2.75) is 19.4 Å². The van der Waals surface area contributed by atoms with Gasteiger partial charge in [0.2, 0.25) is 5.91 Å². The quantitative estimate of drug-likeness (QED) is 0.770. The molecule has 3 N–H and O–H groups in total. The number of rotatable bonds is 7. The maximum atomic E-state index is 11.8. The molecule has 1 amide bonds. The zero-order valence-corrected chi connectivity index (χ0v) is 11.1. The predicted octanol–water partition coefficient (Wildman–Crippen LogP) is 1.48. The van der Waals surface area contributed by atoms with E-state index in [0.717, 1.165) is 5.56 Å². The first kappa shape index (κ1) is 14.7. The van der Waals surface area contributed by atoms with Gasteiger partial charge in [-0.25, -0.2) is 0 Å². The minimum atomic E-state index is -0.117. The van der Waals surface area contributed by atoms with E-state index in [4.69, 9.17) is 10.5 Å². The van der Waals surface area contributed by atoms with E-state index in [1.54, 1.807) is 7.11 Å². The van der Waals surface area contributed by atoms with Crippen molar-refractivity contribution in [2.75, 3.05) is 20.3 Å². The van der Waals surface area contributed by atoms with Crippen molar-refractivity contribution in [1.82, 2.24) is 5.32 Å². The summed E-state index contributed by atoms with van der Waals surface area (Å²) in [6.45, 7) is 2.98. The zero-order chi connectivity index (χ0) is 13.4. The summed E-state index contributed by atoms with van der Waals surface area (Å²) >= 11 is 0. The molecule has 0 saturated heterocycles. The van der Waals surface area contributed by atoms with Crippen LogP contribution >= 0.6 is 0 Å². The van der Waals surface area contributed by atoms with E-state index in [-0.39, 0.29) is 17.9 Å². The number of carbonyl (C=O) groups is 1. The molecule has 1 aromatic carbocycles. The Balaban J connectivity index is 2.51. The highest BCUT2D eigenvalue weighted by molar-refractivity contribution is 5.76. The molecule has 1 aromatic rings. The van der Waals surface area contributed by atoms with Gasteiger partial charge >= 0.3 is 0 Å². The van der Waals surface area contributed by atoms with E-state index in [1.807, 2.05) is 37.3 Å². The van der Waals surface area contributed by atoms with Crippen molar-refractivity contribution in [2.24, 2.45) is 11.7 Å². The maximum absolute atomic E-state index is 11.8. The SMILES string of the molecule is COCC(C)CC(=O)NC(CN)c1ccccc1. The number of ether oxygens (including phenoxy) is 1. The Morgan fingerprint density at radius 1 is 1.39 bits per heavy atom. The van der Waals surface area contributed by atoms with Gasteiger partial charge in [0.15, 0.2) is 0 Å². The van der Waals surface area contributed by atoms with E-state index in [9.17, 15) is 4.79 Å². The Bertz CT molecular complexity index is 354. The summed E-state index contributed by atoms with van der Waals surface area (Å²) in [5.74, 6) is 0.225. The molecule has 0 fully saturated rings. The topological polar surface area (TPSA) is 64.3 Å². The van der Waals surface area contributed by atoms with Crippen LogP contribution in [0, 0.1) is 5.92 Å². The van der Waals surface area contributed by atoms with Crippen molar-refractivity contribution >= 4 is 5.91 Å². The van der Waals surface area contributed by atoms with Gasteiger partial charge in [-0.2, -0.15) is 0 Å². The number of nitrogens with two attached hydrogens (primary N) is 1. The summed E-state index contributed by atoms with van der Waals surface area (Å²) in [5.41, 5.74) is 6.74. The lowest BCUT2D eigenvalue weighted by atomic mass is 10.1. The monoisotopic (exact) mass is 250 g/mol. The molecule has 0 aliphatic carbocycles. The van der Waals surface area contributed by atoms with Crippen molar-refractivity contribution in [3.8, 4) is 0 Å². The smallest absolute Gasteiger partial charge is 0.220 e. The van der Waals surface area contributed by atoms with E-state index in [0.29, 0.717) is 19.6 Å². The van der Waals surface area contributed by atoms with Crippen LogP contribution in [0.15, 0.2) is 30.3 Å². The van der Waals surface area contributed by atoms with Gasteiger partial charge in [0.1, 0.15) is 0 Å². The summed E-state index contributed by atoms with van der Waals surface area (Å²) in [7, 11) is 1.64. The highest BCUT2D eigenvalue weighted by Gasteiger charge is 2.14. The molecule has 4 nitrogen and oxygen atoms in total. The number of nitrogens with one attached hydrogen (secondary N) is 1. The van der Waals surface area contributed by atoms with Gasteiger partial charge in [0, 0.05) is 26.7 Å². The Morgan fingerprint density at radius 3 is 2.61 bits per heavy atom. The Kier molecular flexibility index (Phi) is 6.39. The molecule has 100 valence electrons. The van der Waals surface area contributed by atoms with Crippen LogP contribution in [0.3, 0.4) is 0 Å². The third kappa shape index (κ3) is 4.85. The minimum absolute atomic E-state index is 0.0128. The van der Waals surface area contributed by atoms with Crippen LogP contribution < -0.4 is 11.1 Å². The van der Waals surface area contributed by atoms with E-state index < -0.39 is 0 Å². The van der Waals surface area contributed by atoms with Gasteiger partial charge in [0.25, 0.3) is 0 Å². The second-order valence-corrected chi connectivity index (χ2v) is 4.53. The zero-order valence-electron chi connectivity index (χ0n) is 11.1. The molecule has 0 aliphatic rings. The lowest BCUT2D eigenvalue weighted by Gasteiger charge is -2.18. The van der Waals surface area contributed by atoms with Gasteiger partial charge in [-0.1, -0.05) is 37.3 Å². The second-order valence-electron chi connectivity index (χ2n) is 4.53. The first-order valence-electron chi connectivity index (χ1n) is 6.20. The fourth-order valence-electron chi connectivity index (χ4n) is 1.88. The lowest BCUT2D eigenvalue weighted by Crippen LogP contribution is -2.34. The third-order valence-electron chi connectivity index (χ3n) is 2.76. The van der Waals surface area contributed by atoms with Crippen LogP contribution in [-0.4, -0.2) is 26.2 Å². The molecule has 0 saturated carbocycles. The molecular formula is C14H22N2O2. The predicted molar refractivity (Wildman–Crippen MR) is 72.0 cm³/mol. The van der Waals surface area contributed by atoms with Crippen LogP contribution in [0.25, 0.3) is 0 Å². The minimum Gasteiger partial charge on any atom is -0.384 e. The number of carbonyl (C=O) groups excluding carboxylic acids is 1.